The minimum atomic E-state index is -1.16. The standard InChI is InChI=1S/C34H63F2N7O3/c1-22(9-8-13-34(3,4)5)43-19-25(35)12-14-40(6)31(37)29(23(43)2)32(44)39-28-18-38-17-27(36)30(28)41-15-10-24(11-16-41)33(45)42-20-26(21-42)46-7/h22-31,38H,8-21,37H2,1-7H3,(H,39,44). The molecule has 46 heavy (non-hydrogen) atoms. The van der Waals surface area contributed by atoms with Crippen molar-refractivity contribution >= 4 is 11.8 Å². The van der Waals surface area contributed by atoms with Gasteiger partial charge in [-0.25, -0.2) is 8.78 Å². The van der Waals surface area contributed by atoms with Gasteiger partial charge in [0.05, 0.1) is 30.3 Å². The monoisotopic (exact) mass is 655 g/mol. The highest BCUT2D eigenvalue weighted by Crippen LogP contribution is 2.30. The number of hydrogen-bond donors (Lipinski definition) is 3. The van der Waals surface area contributed by atoms with Crippen LogP contribution in [-0.2, 0) is 14.3 Å². The van der Waals surface area contributed by atoms with Crippen LogP contribution in [0, 0.1) is 17.3 Å². The van der Waals surface area contributed by atoms with E-state index in [-0.39, 0.29) is 54.4 Å². The van der Waals surface area contributed by atoms with Gasteiger partial charge in [-0.15, -0.1) is 0 Å². The Morgan fingerprint density at radius 2 is 1.74 bits per heavy atom. The predicted octanol–water partition coefficient (Wildman–Crippen LogP) is 2.22. The first-order chi connectivity index (χ1) is 21.7. The zero-order valence-corrected chi connectivity index (χ0v) is 29.5. The number of carbonyl (C=O) groups is 2. The third-order valence-electron chi connectivity index (χ3n) is 11.1. The fourth-order valence-corrected chi connectivity index (χ4v) is 8.03. The molecule has 266 valence electrons. The zero-order valence-electron chi connectivity index (χ0n) is 29.5. The third kappa shape index (κ3) is 9.37. The first-order valence-electron chi connectivity index (χ1n) is 17.8. The molecule has 4 aliphatic heterocycles. The summed E-state index contributed by atoms with van der Waals surface area (Å²) in [7, 11) is 3.53. The molecule has 8 unspecified atom stereocenters. The van der Waals surface area contributed by atoms with Crippen molar-refractivity contribution in [3.8, 4) is 0 Å². The van der Waals surface area contributed by atoms with Crippen molar-refractivity contribution < 1.29 is 23.1 Å². The second-order valence-electron chi connectivity index (χ2n) is 15.8. The van der Waals surface area contributed by atoms with Gasteiger partial charge in [0.25, 0.3) is 0 Å². The minimum Gasteiger partial charge on any atom is -0.378 e. The van der Waals surface area contributed by atoms with Crippen LogP contribution in [0.5, 0.6) is 0 Å². The number of nitrogens with two attached hydrogens (primary N) is 1. The summed E-state index contributed by atoms with van der Waals surface area (Å²) < 4.78 is 36.3. The summed E-state index contributed by atoms with van der Waals surface area (Å²) in [4.78, 5) is 35.3. The summed E-state index contributed by atoms with van der Waals surface area (Å²) in [5, 5.41) is 6.40. The molecule has 10 nitrogen and oxygen atoms in total. The Morgan fingerprint density at radius 3 is 2.37 bits per heavy atom. The molecule has 0 spiro atoms. The molecule has 4 fully saturated rings. The van der Waals surface area contributed by atoms with E-state index in [1.165, 1.54) is 0 Å². The van der Waals surface area contributed by atoms with Crippen LogP contribution >= 0.6 is 0 Å². The lowest BCUT2D eigenvalue weighted by atomic mass is 9.87. The largest absolute Gasteiger partial charge is 0.378 e. The Bertz CT molecular complexity index is 988. The van der Waals surface area contributed by atoms with Crippen LogP contribution in [0.2, 0.25) is 0 Å². The minimum absolute atomic E-state index is 0.0641. The highest BCUT2D eigenvalue weighted by Gasteiger charge is 2.45. The Morgan fingerprint density at radius 1 is 1.07 bits per heavy atom. The van der Waals surface area contributed by atoms with Gasteiger partial charge in [0, 0.05) is 64.4 Å². The Hall–Kier alpha value is -1.44. The van der Waals surface area contributed by atoms with E-state index in [1.54, 1.807) is 7.11 Å². The molecule has 0 saturated carbocycles. The van der Waals surface area contributed by atoms with E-state index in [0.717, 1.165) is 19.3 Å². The van der Waals surface area contributed by atoms with E-state index in [0.29, 0.717) is 58.5 Å². The molecule has 4 rings (SSSR count). The highest BCUT2D eigenvalue weighted by molar-refractivity contribution is 5.81. The maximum atomic E-state index is 15.7. The smallest absolute Gasteiger partial charge is 0.227 e. The second kappa shape index (κ2) is 16.3. The number of likely N-dealkylation sites (tertiary alicyclic amines) is 2. The zero-order chi connectivity index (χ0) is 33.8. The average Bonchev–Trinajstić information content (AvgIpc) is 3.00. The normalized spacial score (nSPS) is 34.3. The number of rotatable bonds is 9. The van der Waals surface area contributed by atoms with Gasteiger partial charge in [-0.1, -0.05) is 27.2 Å². The number of nitrogens with zero attached hydrogens (tertiary/aromatic N) is 4. The molecule has 8 atom stereocenters. The van der Waals surface area contributed by atoms with E-state index in [1.807, 2.05) is 23.8 Å². The van der Waals surface area contributed by atoms with Crippen LogP contribution in [0.1, 0.15) is 73.1 Å². The maximum absolute atomic E-state index is 15.7. The van der Waals surface area contributed by atoms with Crippen LogP contribution in [0.3, 0.4) is 0 Å². The predicted molar refractivity (Wildman–Crippen MR) is 178 cm³/mol. The molecule has 0 aromatic rings. The van der Waals surface area contributed by atoms with Crippen molar-refractivity contribution in [3.63, 3.8) is 0 Å². The van der Waals surface area contributed by atoms with Crippen LogP contribution in [0.25, 0.3) is 0 Å². The van der Waals surface area contributed by atoms with Crippen molar-refractivity contribution in [2.75, 3.05) is 66.5 Å². The van der Waals surface area contributed by atoms with Gasteiger partial charge in [0.2, 0.25) is 11.8 Å². The number of alkyl halides is 2. The van der Waals surface area contributed by atoms with Crippen LogP contribution < -0.4 is 16.4 Å². The number of nitrogens with one attached hydrogen (secondary N) is 2. The summed E-state index contributed by atoms with van der Waals surface area (Å²) in [6.45, 7) is 14.7. The van der Waals surface area contributed by atoms with Crippen molar-refractivity contribution in [2.45, 2.75) is 122 Å². The molecule has 0 aromatic carbocycles. The molecule has 4 aliphatic rings. The molecule has 4 heterocycles. The first-order valence-corrected chi connectivity index (χ1v) is 17.8. The van der Waals surface area contributed by atoms with Gasteiger partial charge in [-0.3, -0.25) is 24.3 Å². The van der Waals surface area contributed by atoms with Gasteiger partial charge in [-0.05, 0) is 71.5 Å². The first kappa shape index (κ1) is 37.4. The summed E-state index contributed by atoms with van der Waals surface area (Å²) >= 11 is 0. The van der Waals surface area contributed by atoms with E-state index in [9.17, 15) is 9.59 Å². The van der Waals surface area contributed by atoms with Gasteiger partial charge >= 0.3 is 0 Å². The number of ether oxygens (including phenoxy) is 1. The van der Waals surface area contributed by atoms with E-state index < -0.39 is 36.5 Å². The molecular weight excluding hydrogens is 592 g/mol. The molecular formula is C34H63F2N7O3. The Balaban J connectivity index is 1.45. The molecule has 12 heteroatoms. The van der Waals surface area contributed by atoms with Crippen LogP contribution in [0.4, 0.5) is 8.78 Å². The molecule has 0 aliphatic carbocycles. The van der Waals surface area contributed by atoms with E-state index in [4.69, 9.17) is 10.5 Å². The number of piperidine rings is 2. The topological polar surface area (TPSA) is 106 Å². The molecule has 4 saturated heterocycles. The lowest BCUT2D eigenvalue weighted by molar-refractivity contribution is -0.149. The number of hydrogen-bond acceptors (Lipinski definition) is 8. The number of carbonyl (C=O) groups excluding carboxylic acids is 2. The quantitative estimate of drug-likeness (QED) is 0.348. The van der Waals surface area contributed by atoms with Gasteiger partial charge in [0.15, 0.2) is 0 Å². The van der Waals surface area contributed by atoms with Crippen molar-refractivity contribution in [1.82, 2.24) is 30.2 Å². The van der Waals surface area contributed by atoms with Crippen molar-refractivity contribution in [1.29, 1.82) is 0 Å². The molecule has 4 N–H and O–H groups in total. The van der Waals surface area contributed by atoms with Crippen LogP contribution in [0.15, 0.2) is 0 Å². The summed E-state index contributed by atoms with van der Waals surface area (Å²) in [6, 6.07) is -1.17. The Labute approximate surface area is 276 Å². The van der Waals surface area contributed by atoms with Crippen molar-refractivity contribution in [2.24, 2.45) is 23.0 Å². The third-order valence-corrected chi connectivity index (χ3v) is 11.1. The van der Waals surface area contributed by atoms with E-state index >= 15 is 8.78 Å². The Kier molecular flexibility index (Phi) is 13.3. The summed E-state index contributed by atoms with van der Waals surface area (Å²) in [5.74, 6) is -0.736. The lowest BCUT2D eigenvalue weighted by Gasteiger charge is -2.47. The maximum Gasteiger partial charge on any atom is 0.227 e. The number of amides is 2. The molecule has 0 aromatic heterocycles. The van der Waals surface area contributed by atoms with Gasteiger partial charge in [0.1, 0.15) is 12.3 Å². The number of methoxy groups -OCH3 is 1. The summed E-state index contributed by atoms with van der Waals surface area (Å²) in [5.41, 5.74) is 7.02. The highest BCUT2D eigenvalue weighted by atomic mass is 19.1. The summed E-state index contributed by atoms with van der Waals surface area (Å²) in [6.07, 6.45) is 2.05. The SMILES string of the molecule is COC1CN(C(=O)C2CCN(C3C(F)CNCC3NC(=O)C3C(N)N(C)CCC(F)CN(C(C)CCCC(C)(C)C)C3C)CC2)C1. The van der Waals surface area contributed by atoms with Gasteiger partial charge < -0.3 is 26.0 Å². The lowest BCUT2D eigenvalue weighted by Crippen LogP contribution is -2.68. The molecule has 0 bridgehead atoms. The second-order valence-corrected chi connectivity index (χ2v) is 15.8. The fourth-order valence-electron chi connectivity index (χ4n) is 8.03. The van der Waals surface area contributed by atoms with Crippen molar-refractivity contribution in [3.05, 3.63) is 0 Å². The molecule has 2 amide bonds. The number of halogens is 2. The van der Waals surface area contributed by atoms with Gasteiger partial charge in [-0.2, -0.15) is 0 Å². The fraction of sp³-hybridized carbons (Fsp3) is 0.941. The van der Waals surface area contributed by atoms with Crippen LogP contribution in [-0.4, -0.2) is 147 Å². The average molecular weight is 656 g/mol. The van der Waals surface area contributed by atoms with E-state index in [2.05, 4.69) is 48.1 Å². The molecule has 0 radical (unpaired) electrons.